The van der Waals surface area contributed by atoms with Crippen molar-refractivity contribution in [2.24, 2.45) is 0 Å². The molecule has 1 aliphatic rings. The maximum atomic E-state index is 12.2. The van der Waals surface area contributed by atoms with Crippen LogP contribution in [0.2, 0.25) is 0 Å². The van der Waals surface area contributed by atoms with Gasteiger partial charge in [0.15, 0.2) is 5.78 Å². The molecule has 0 fully saturated rings. The van der Waals surface area contributed by atoms with E-state index in [2.05, 4.69) is 4.98 Å². The van der Waals surface area contributed by atoms with Crippen LogP contribution in [0.25, 0.3) is 10.9 Å². The Morgan fingerprint density at radius 1 is 1.41 bits per heavy atom. The Bertz CT molecular complexity index is 732. The van der Waals surface area contributed by atoms with Gasteiger partial charge in [0.1, 0.15) is 6.04 Å². The van der Waals surface area contributed by atoms with Crippen LogP contribution in [0.4, 0.5) is 0 Å². The molecule has 0 unspecified atom stereocenters. The van der Waals surface area contributed by atoms with E-state index < -0.39 is 6.04 Å². The minimum Gasteiger partial charge on any atom is -0.467 e. The average Bonchev–Trinajstić information content (AvgIpc) is 2.96. The second-order valence-electron chi connectivity index (χ2n) is 5.37. The normalized spacial score (nSPS) is 16.0. The smallest absolute Gasteiger partial charge is 0.328 e. The van der Waals surface area contributed by atoms with Crippen molar-refractivity contribution in [1.29, 1.82) is 0 Å². The maximum absolute atomic E-state index is 12.2. The van der Waals surface area contributed by atoms with Gasteiger partial charge in [0.05, 0.1) is 7.11 Å². The predicted octanol–water partition coefficient (Wildman–Crippen LogP) is 2.04. The van der Waals surface area contributed by atoms with E-state index >= 15 is 0 Å². The second-order valence-corrected chi connectivity index (χ2v) is 5.37. The van der Waals surface area contributed by atoms with E-state index in [1.165, 1.54) is 13.2 Å². The molecule has 0 amide bonds. The summed E-state index contributed by atoms with van der Waals surface area (Å²) in [5.41, 5.74) is 2.11. The molecule has 3 rings (SSSR count). The quantitative estimate of drug-likeness (QED) is 0.877. The number of hydrogen-bond donors (Lipinski definition) is 1. The maximum Gasteiger partial charge on any atom is 0.328 e. The molecule has 0 saturated carbocycles. The van der Waals surface area contributed by atoms with Crippen LogP contribution >= 0.6 is 0 Å². The van der Waals surface area contributed by atoms with Gasteiger partial charge in [-0.05, 0) is 17.7 Å². The van der Waals surface area contributed by atoms with Gasteiger partial charge in [-0.1, -0.05) is 18.2 Å². The first kappa shape index (κ1) is 14.4. The highest BCUT2D eigenvalue weighted by atomic mass is 16.5. The molecule has 0 radical (unpaired) electrons. The van der Waals surface area contributed by atoms with E-state index in [4.69, 9.17) is 4.74 Å². The third-order valence-corrected chi connectivity index (χ3v) is 4.03. The average molecular weight is 298 g/mol. The highest BCUT2D eigenvalue weighted by Crippen LogP contribution is 2.22. The van der Waals surface area contributed by atoms with E-state index in [0.717, 1.165) is 16.5 Å². The number of methoxy groups -OCH3 is 1. The van der Waals surface area contributed by atoms with Crippen molar-refractivity contribution in [3.05, 3.63) is 48.3 Å². The molecule has 1 atom stereocenters. The Kier molecular flexibility index (Phi) is 3.96. The number of carbonyl (C=O) groups is 2. The fourth-order valence-electron chi connectivity index (χ4n) is 2.82. The lowest BCUT2D eigenvalue weighted by Crippen LogP contribution is -2.42. The molecule has 1 aromatic carbocycles. The summed E-state index contributed by atoms with van der Waals surface area (Å²) < 4.78 is 4.94. The monoisotopic (exact) mass is 298 g/mol. The van der Waals surface area contributed by atoms with Crippen LogP contribution in [-0.4, -0.2) is 41.3 Å². The summed E-state index contributed by atoms with van der Waals surface area (Å²) in [5, 5.41) is 1.11. The fraction of sp³-hybridized carbons (Fsp3) is 0.294. The molecule has 2 heterocycles. The number of rotatable bonds is 4. The zero-order chi connectivity index (χ0) is 15.5. The molecule has 0 saturated heterocycles. The lowest BCUT2D eigenvalue weighted by Gasteiger charge is -2.30. The van der Waals surface area contributed by atoms with E-state index in [-0.39, 0.29) is 11.8 Å². The largest absolute Gasteiger partial charge is 0.467 e. The Balaban J connectivity index is 1.88. The minimum atomic E-state index is -0.423. The molecule has 22 heavy (non-hydrogen) atoms. The van der Waals surface area contributed by atoms with Crippen molar-refractivity contribution in [2.75, 3.05) is 13.7 Å². The van der Waals surface area contributed by atoms with Gasteiger partial charge in [-0.15, -0.1) is 0 Å². The predicted molar refractivity (Wildman–Crippen MR) is 83.3 cm³/mol. The number of ketones is 1. The highest BCUT2D eigenvalue weighted by Gasteiger charge is 2.27. The summed E-state index contributed by atoms with van der Waals surface area (Å²) in [5.74, 6) is -0.198. The topological polar surface area (TPSA) is 62.4 Å². The van der Waals surface area contributed by atoms with E-state index in [9.17, 15) is 9.59 Å². The van der Waals surface area contributed by atoms with Crippen LogP contribution < -0.4 is 0 Å². The van der Waals surface area contributed by atoms with Crippen LogP contribution in [0.1, 0.15) is 12.0 Å². The van der Waals surface area contributed by atoms with Crippen LogP contribution in [0.3, 0.4) is 0 Å². The van der Waals surface area contributed by atoms with Gasteiger partial charge >= 0.3 is 5.97 Å². The van der Waals surface area contributed by atoms with E-state index in [1.54, 1.807) is 6.20 Å². The summed E-state index contributed by atoms with van der Waals surface area (Å²) in [7, 11) is 1.39. The summed E-state index contributed by atoms with van der Waals surface area (Å²) in [6, 6.07) is 7.57. The van der Waals surface area contributed by atoms with Gasteiger partial charge < -0.3 is 14.6 Å². The number of H-pyrrole nitrogens is 1. The summed E-state index contributed by atoms with van der Waals surface area (Å²) >= 11 is 0. The standard InChI is InChI=1S/C17H18N2O3/c1-22-17(21)16(19-8-6-13(20)7-9-19)10-12-11-18-15-5-3-2-4-14(12)15/h2-6,8,11,16,18H,7,9-10H2,1H3/t16-/m0/s1. The number of nitrogens with one attached hydrogen (secondary N) is 1. The SMILES string of the molecule is COC(=O)[C@H](Cc1c[nH]c2ccccc12)N1C=CC(=O)CC1. The molecule has 0 spiro atoms. The number of nitrogens with zero attached hydrogens (tertiary/aromatic N) is 1. The number of fused-ring (bicyclic) bond motifs is 1. The summed E-state index contributed by atoms with van der Waals surface area (Å²) in [6.07, 6.45) is 6.11. The molecule has 5 nitrogen and oxygen atoms in total. The molecule has 1 N–H and O–H groups in total. The molecular weight excluding hydrogens is 280 g/mol. The molecule has 2 aromatic rings. The van der Waals surface area contributed by atoms with Crippen molar-refractivity contribution in [2.45, 2.75) is 18.9 Å². The number of aromatic nitrogens is 1. The minimum absolute atomic E-state index is 0.0898. The van der Waals surface area contributed by atoms with Crippen LogP contribution in [-0.2, 0) is 20.7 Å². The number of benzene rings is 1. The van der Waals surface area contributed by atoms with Crippen molar-refractivity contribution in [1.82, 2.24) is 9.88 Å². The van der Waals surface area contributed by atoms with Crippen LogP contribution in [0, 0.1) is 0 Å². The Hall–Kier alpha value is -2.56. The lowest BCUT2D eigenvalue weighted by molar-refractivity contribution is -0.146. The molecular formula is C17H18N2O3. The number of allylic oxidation sites excluding steroid dienone is 1. The molecule has 1 aliphatic heterocycles. The number of aromatic amines is 1. The lowest BCUT2D eigenvalue weighted by atomic mass is 10.0. The highest BCUT2D eigenvalue weighted by molar-refractivity contribution is 5.91. The third-order valence-electron chi connectivity index (χ3n) is 4.03. The van der Waals surface area contributed by atoms with Crippen molar-refractivity contribution in [3.63, 3.8) is 0 Å². The number of carbonyl (C=O) groups excluding carboxylic acids is 2. The zero-order valence-electron chi connectivity index (χ0n) is 12.4. The molecule has 114 valence electrons. The first-order valence-electron chi connectivity index (χ1n) is 7.28. The van der Waals surface area contributed by atoms with Gasteiger partial charge in [0.2, 0.25) is 0 Å². The number of esters is 1. The molecule has 5 heteroatoms. The third kappa shape index (κ3) is 2.74. The Morgan fingerprint density at radius 3 is 2.95 bits per heavy atom. The van der Waals surface area contributed by atoms with Crippen molar-refractivity contribution < 1.29 is 14.3 Å². The van der Waals surface area contributed by atoms with Gasteiger partial charge in [0, 0.05) is 42.7 Å². The first-order chi connectivity index (χ1) is 10.7. The number of hydrogen-bond acceptors (Lipinski definition) is 4. The van der Waals surface area contributed by atoms with E-state index in [0.29, 0.717) is 19.4 Å². The number of ether oxygens (including phenoxy) is 1. The fourth-order valence-corrected chi connectivity index (χ4v) is 2.82. The summed E-state index contributed by atoms with van der Waals surface area (Å²) in [6.45, 7) is 0.539. The molecule has 0 bridgehead atoms. The zero-order valence-corrected chi connectivity index (χ0v) is 12.4. The van der Waals surface area contributed by atoms with Gasteiger partial charge in [-0.25, -0.2) is 4.79 Å². The first-order valence-corrected chi connectivity index (χ1v) is 7.28. The molecule has 1 aromatic heterocycles. The molecule has 0 aliphatic carbocycles. The Morgan fingerprint density at radius 2 is 2.23 bits per heavy atom. The van der Waals surface area contributed by atoms with Crippen LogP contribution in [0.5, 0.6) is 0 Å². The van der Waals surface area contributed by atoms with Crippen LogP contribution in [0.15, 0.2) is 42.7 Å². The van der Waals surface area contributed by atoms with Gasteiger partial charge in [-0.2, -0.15) is 0 Å². The summed E-state index contributed by atoms with van der Waals surface area (Å²) in [4.78, 5) is 28.6. The van der Waals surface area contributed by atoms with Gasteiger partial charge in [0.25, 0.3) is 0 Å². The van der Waals surface area contributed by atoms with E-state index in [1.807, 2.05) is 35.4 Å². The van der Waals surface area contributed by atoms with Crippen molar-refractivity contribution in [3.8, 4) is 0 Å². The Labute approximate surface area is 128 Å². The van der Waals surface area contributed by atoms with Gasteiger partial charge in [-0.3, -0.25) is 4.79 Å². The van der Waals surface area contributed by atoms with Crippen molar-refractivity contribution >= 4 is 22.7 Å². The second kappa shape index (κ2) is 6.05. The number of para-hydroxylation sites is 1.